The first-order valence-electron chi connectivity index (χ1n) is 5.94. The van der Waals surface area contributed by atoms with Crippen LogP contribution in [-0.2, 0) is 14.3 Å². The van der Waals surface area contributed by atoms with E-state index in [2.05, 4.69) is 0 Å². The molecule has 0 heterocycles. The average molecular weight is 247 g/mol. The van der Waals surface area contributed by atoms with Gasteiger partial charge in [-0.15, -0.1) is 0 Å². The highest BCUT2D eigenvalue weighted by molar-refractivity contribution is 6.12. The summed E-state index contributed by atoms with van der Waals surface area (Å²) in [5, 5.41) is 0. The first kappa shape index (κ1) is 12.6. The number of anilines is 1. The number of amides is 1. The van der Waals surface area contributed by atoms with Crippen molar-refractivity contribution in [1.29, 1.82) is 0 Å². The molecule has 0 N–H and O–H groups in total. The predicted molar refractivity (Wildman–Crippen MR) is 68.3 cm³/mol. The normalized spacial score (nSPS) is 15.9. The number of rotatable bonds is 3. The maximum absolute atomic E-state index is 12.4. The Labute approximate surface area is 107 Å². The fourth-order valence-corrected chi connectivity index (χ4v) is 2.10. The molecule has 1 aliphatic rings. The number of hydrogen-bond donors (Lipinski definition) is 0. The number of esters is 1. The first-order valence-corrected chi connectivity index (χ1v) is 5.94. The number of hydrogen-bond acceptors (Lipinski definition) is 3. The van der Waals surface area contributed by atoms with Gasteiger partial charge in [0.15, 0.2) is 0 Å². The molecule has 1 aromatic carbocycles. The number of aryl methyl sites for hydroxylation is 1. The highest BCUT2D eigenvalue weighted by Gasteiger charge is 2.59. The molecule has 0 radical (unpaired) electrons. The Kier molecular flexibility index (Phi) is 3.11. The van der Waals surface area contributed by atoms with Crippen LogP contribution < -0.4 is 4.90 Å². The molecular formula is C14H17NO3. The number of benzene rings is 1. The smallest absolute Gasteiger partial charge is 0.321 e. The molecule has 1 saturated carbocycles. The van der Waals surface area contributed by atoms with Crippen LogP contribution in [0.3, 0.4) is 0 Å². The number of carbonyl (C=O) groups is 2. The lowest BCUT2D eigenvalue weighted by atomic mass is 10.1. The minimum absolute atomic E-state index is 0.181. The molecule has 1 aliphatic carbocycles. The van der Waals surface area contributed by atoms with E-state index in [1.54, 1.807) is 7.05 Å². The van der Waals surface area contributed by atoms with Gasteiger partial charge in [0.1, 0.15) is 5.41 Å². The Bertz CT molecular complexity index is 492. The number of methoxy groups -OCH3 is 1. The van der Waals surface area contributed by atoms with Gasteiger partial charge < -0.3 is 9.64 Å². The third-order valence-electron chi connectivity index (χ3n) is 3.43. The van der Waals surface area contributed by atoms with Crippen LogP contribution in [0, 0.1) is 12.3 Å². The van der Waals surface area contributed by atoms with Gasteiger partial charge in [0, 0.05) is 12.7 Å². The van der Waals surface area contributed by atoms with E-state index in [0.29, 0.717) is 12.8 Å². The minimum Gasteiger partial charge on any atom is -0.468 e. The van der Waals surface area contributed by atoms with Crippen LogP contribution in [-0.4, -0.2) is 26.0 Å². The summed E-state index contributed by atoms with van der Waals surface area (Å²) in [5.41, 5.74) is 0.943. The third-order valence-corrected chi connectivity index (χ3v) is 3.43. The zero-order valence-corrected chi connectivity index (χ0v) is 10.9. The van der Waals surface area contributed by atoms with Gasteiger partial charge in [-0.2, -0.15) is 0 Å². The van der Waals surface area contributed by atoms with E-state index in [0.717, 1.165) is 11.3 Å². The molecule has 4 heteroatoms. The molecule has 0 aromatic heterocycles. The molecule has 0 spiro atoms. The van der Waals surface area contributed by atoms with Crippen molar-refractivity contribution in [3.63, 3.8) is 0 Å². The molecular weight excluding hydrogens is 230 g/mol. The molecule has 0 unspecified atom stereocenters. The number of nitrogens with zero attached hydrogens (tertiary/aromatic N) is 1. The maximum atomic E-state index is 12.4. The van der Waals surface area contributed by atoms with E-state index in [1.165, 1.54) is 12.0 Å². The van der Waals surface area contributed by atoms with Gasteiger partial charge in [-0.25, -0.2) is 0 Å². The fraction of sp³-hybridized carbons (Fsp3) is 0.429. The third kappa shape index (κ3) is 1.98. The van der Waals surface area contributed by atoms with Crippen LogP contribution in [0.15, 0.2) is 24.3 Å². The molecule has 0 atom stereocenters. The predicted octanol–water partition coefficient (Wildman–Crippen LogP) is 1.91. The second-order valence-electron chi connectivity index (χ2n) is 4.78. The molecule has 0 saturated heterocycles. The average Bonchev–Trinajstić information content (AvgIpc) is 3.17. The summed E-state index contributed by atoms with van der Waals surface area (Å²) >= 11 is 0. The van der Waals surface area contributed by atoms with Crippen LogP contribution in [0.4, 0.5) is 5.69 Å². The van der Waals surface area contributed by atoms with E-state index >= 15 is 0 Å². The van der Waals surface area contributed by atoms with Gasteiger partial charge in [0.05, 0.1) is 7.11 Å². The molecule has 96 valence electrons. The van der Waals surface area contributed by atoms with Crippen molar-refractivity contribution in [2.24, 2.45) is 5.41 Å². The quantitative estimate of drug-likeness (QED) is 0.605. The van der Waals surface area contributed by atoms with Crippen molar-refractivity contribution in [2.75, 3.05) is 19.1 Å². The van der Waals surface area contributed by atoms with E-state index in [9.17, 15) is 9.59 Å². The largest absolute Gasteiger partial charge is 0.468 e. The van der Waals surface area contributed by atoms with Crippen molar-refractivity contribution in [1.82, 2.24) is 0 Å². The molecule has 0 bridgehead atoms. The summed E-state index contributed by atoms with van der Waals surface area (Å²) in [6.07, 6.45) is 1.16. The summed E-state index contributed by atoms with van der Waals surface area (Å²) in [5.74, 6) is -0.605. The second kappa shape index (κ2) is 4.44. The Balaban J connectivity index is 2.22. The topological polar surface area (TPSA) is 46.6 Å². The molecule has 1 amide bonds. The minimum atomic E-state index is -0.937. The standard InChI is InChI=1S/C14H17NO3/c1-10-5-4-6-11(9-10)15(2)12(16)14(7-8-14)13(17)18-3/h4-6,9H,7-8H2,1-3H3. The maximum Gasteiger partial charge on any atom is 0.321 e. The van der Waals surface area contributed by atoms with Gasteiger partial charge >= 0.3 is 5.97 Å². The van der Waals surface area contributed by atoms with Gasteiger partial charge in [-0.1, -0.05) is 12.1 Å². The monoisotopic (exact) mass is 247 g/mol. The molecule has 0 aliphatic heterocycles. The SMILES string of the molecule is COC(=O)C1(C(=O)N(C)c2cccc(C)c2)CC1. The van der Waals surface area contributed by atoms with Gasteiger partial charge in [-0.3, -0.25) is 9.59 Å². The van der Waals surface area contributed by atoms with Crippen molar-refractivity contribution >= 4 is 17.6 Å². The second-order valence-corrected chi connectivity index (χ2v) is 4.78. The zero-order chi connectivity index (χ0) is 13.3. The van der Waals surface area contributed by atoms with Crippen molar-refractivity contribution in [3.8, 4) is 0 Å². The molecule has 1 aromatic rings. The summed E-state index contributed by atoms with van der Waals surface area (Å²) in [4.78, 5) is 25.6. The number of ether oxygens (including phenoxy) is 1. The summed E-state index contributed by atoms with van der Waals surface area (Å²) < 4.78 is 4.72. The van der Waals surface area contributed by atoms with Crippen LogP contribution in [0.5, 0.6) is 0 Å². The summed E-state index contributed by atoms with van der Waals surface area (Å²) in [6, 6.07) is 7.64. The summed E-state index contributed by atoms with van der Waals surface area (Å²) in [6.45, 7) is 1.97. The zero-order valence-electron chi connectivity index (χ0n) is 10.9. The molecule has 1 fully saturated rings. The van der Waals surface area contributed by atoms with Crippen LogP contribution in [0.2, 0.25) is 0 Å². The van der Waals surface area contributed by atoms with Crippen LogP contribution in [0.1, 0.15) is 18.4 Å². The van der Waals surface area contributed by atoms with Crippen molar-refractivity contribution in [2.45, 2.75) is 19.8 Å². The van der Waals surface area contributed by atoms with Crippen molar-refractivity contribution in [3.05, 3.63) is 29.8 Å². The van der Waals surface area contributed by atoms with E-state index < -0.39 is 11.4 Å². The van der Waals surface area contributed by atoms with E-state index in [4.69, 9.17) is 4.74 Å². The Morgan fingerprint density at radius 2 is 2.00 bits per heavy atom. The Morgan fingerprint density at radius 3 is 2.50 bits per heavy atom. The van der Waals surface area contributed by atoms with Crippen LogP contribution in [0.25, 0.3) is 0 Å². The van der Waals surface area contributed by atoms with E-state index in [1.807, 2.05) is 31.2 Å². The van der Waals surface area contributed by atoms with Gasteiger partial charge in [-0.05, 0) is 37.5 Å². The molecule has 4 nitrogen and oxygen atoms in total. The van der Waals surface area contributed by atoms with Crippen molar-refractivity contribution < 1.29 is 14.3 Å². The lowest BCUT2D eigenvalue weighted by molar-refractivity contribution is -0.151. The lowest BCUT2D eigenvalue weighted by Crippen LogP contribution is -2.39. The highest BCUT2D eigenvalue weighted by Crippen LogP contribution is 2.48. The van der Waals surface area contributed by atoms with Gasteiger partial charge in [0.25, 0.3) is 0 Å². The lowest BCUT2D eigenvalue weighted by Gasteiger charge is -2.22. The van der Waals surface area contributed by atoms with E-state index in [-0.39, 0.29) is 5.91 Å². The number of carbonyl (C=O) groups excluding carboxylic acids is 2. The summed E-state index contributed by atoms with van der Waals surface area (Å²) in [7, 11) is 3.02. The first-order chi connectivity index (χ1) is 8.51. The fourth-order valence-electron chi connectivity index (χ4n) is 2.10. The molecule has 2 rings (SSSR count). The Morgan fingerprint density at radius 1 is 1.33 bits per heavy atom. The molecule has 18 heavy (non-hydrogen) atoms. The van der Waals surface area contributed by atoms with Gasteiger partial charge in [0.2, 0.25) is 5.91 Å². The van der Waals surface area contributed by atoms with Crippen LogP contribution >= 0.6 is 0 Å². The Hall–Kier alpha value is -1.84. The highest BCUT2D eigenvalue weighted by atomic mass is 16.5.